The fourth-order valence-electron chi connectivity index (χ4n) is 2.55. The first-order valence-corrected chi connectivity index (χ1v) is 8.87. The molecule has 0 aliphatic carbocycles. The number of piperazine rings is 1. The van der Waals surface area contributed by atoms with E-state index in [0.29, 0.717) is 29.0 Å². The Kier molecular flexibility index (Phi) is 5.07. The van der Waals surface area contributed by atoms with Crippen LogP contribution in [0.2, 0.25) is 5.02 Å². The van der Waals surface area contributed by atoms with Crippen LogP contribution in [0.5, 0.6) is 0 Å². The quantitative estimate of drug-likeness (QED) is 0.901. The number of rotatable bonds is 4. The molecule has 112 valence electrons. The van der Waals surface area contributed by atoms with Crippen molar-refractivity contribution in [3.63, 3.8) is 0 Å². The molecule has 1 fully saturated rings. The van der Waals surface area contributed by atoms with Gasteiger partial charge < -0.3 is 4.90 Å². The summed E-state index contributed by atoms with van der Waals surface area (Å²) in [6.45, 7) is 7.33. The summed E-state index contributed by atoms with van der Waals surface area (Å²) in [4.78, 5) is 1.82. The lowest BCUT2D eigenvalue weighted by molar-refractivity contribution is -0.927. The minimum Gasteiger partial charge on any atom is -0.331 e. The highest BCUT2D eigenvalue weighted by Crippen LogP contribution is 2.18. The molecule has 6 heteroatoms. The summed E-state index contributed by atoms with van der Waals surface area (Å²) in [7, 11) is -3.37. The van der Waals surface area contributed by atoms with Crippen molar-refractivity contribution in [2.75, 3.05) is 26.2 Å². The molecule has 0 amide bonds. The summed E-state index contributed by atoms with van der Waals surface area (Å²) in [6.07, 6.45) is 1.12. The Balaban J connectivity index is 2.07. The van der Waals surface area contributed by atoms with Gasteiger partial charge in [-0.25, -0.2) is 8.42 Å². The summed E-state index contributed by atoms with van der Waals surface area (Å²) in [6, 6.07) is 6.98. The van der Waals surface area contributed by atoms with Crippen molar-refractivity contribution in [1.29, 1.82) is 0 Å². The molecule has 0 bridgehead atoms. The van der Waals surface area contributed by atoms with Crippen LogP contribution >= 0.6 is 11.6 Å². The van der Waals surface area contributed by atoms with Crippen LogP contribution in [0.4, 0.5) is 0 Å². The fraction of sp³-hybridized carbons (Fsp3) is 0.571. The molecule has 4 nitrogen and oxygen atoms in total. The third-order valence-electron chi connectivity index (χ3n) is 4.13. The van der Waals surface area contributed by atoms with Gasteiger partial charge in [0.25, 0.3) is 0 Å². The van der Waals surface area contributed by atoms with Crippen LogP contribution < -0.4 is 4.90 Å². The van der Waals surface area contributed by atoms with Crippen LogP contribution in [0.15, 0.2) is 29.2 Å². The van der Waals surface area contributed by atoms with Crippen molar-refractivity contribution < 1.29 is 13.3 Å². The maximum Gasteiger partial charge on any atom is 0.243 e. The molecule has 1 aliphatic rings. The van der Waals surface area contributed by atoms with Crippen LogP contribution in [0.25, 0.3) is 0 Å². The van der Waals surface area contributed by atoms with E-state index in [2.05, 4.69) is 13.8 Å². The molecular weight excluding hydrogens is 296 g/mol. The molecule has 1 N–H and O–H groups in total. The van der Waals surface area contributed by atoms with Gasteiger partial charge in [0, 0.05) is 5.02 Å². The molecule has 2 rings (SSSR count). The lowest BCUT2D eigenvalue weighted by Gasteiger charge is -2.34. The zero-order valence-corrected chi connectivity index (χ0v) is 13.5. The number of hydrogen-bond acceptors (Lipinski definition) is 2. The minimum absolute atomic E-state index is 0.328. The number of nitrogens with one attached hydrogen (secondary N) is 1. The first kappa shape index (κ1) is 15.8. The van der Waals surface area contributed by atoms with Crippen molar-refractivity contribution in [2.45, 2.75) is 31.2 Å². The molecule has 1 heterocycles. The van der Waals surface area contributed by atoms with Gasteiger partial charge in [0.1, 0.15) is 0 Å². The topological polar surface area (TPSA) is 41.8 Å². The van der Waals surface area contributed by atoms with Gasteiger partial charge in [-0.2, -0.15) is 4.31 Å². The lowest BCUT2D eigenvalue weighted by atomic mass is 10.2. The second-order valence-corrected chi connectivity index (χ2v) is 7.70. The number of nitrogens with zero attached hydrogens (tertiary/aromatic N) is 1. The van der Waals surface area contributed by atoms with Crippen molar-refractivity contribution in [3.8, 4) is 0 Å². The molecular formula is C14H22ClN2O2S+. The largest absolute Gasteiger partial charge is 0.331 e. The number of sulfonamides is 1. The van der Waals surface area contributed by atoms with Gasteiger partial charge in [-0.1, -0.05) is 18.5 Å². The normalized spacial score (nSPS) is 19.9. The van der Waals surface area contributed by atoms with Crippen molar-refractivity contribution >= 4 is 21.6 Å². The Hall–Kier alpha value is -0.620. The SMILES string of the molecule is CCC(C)[NH+]1CCN(S(=O)(=O)c2ccc(Cl)cc2)CC1. The van der Waals surface area contributed by atoms with E-state index in [9.17, 15) is 8.42 Å². The predicted octanol–water partition coefficient (Wildman–Crippen LogP) is 1.03. The maximum atomic E-state index is 12.5. The molecule has 1 atom stereocenters. The molecule has 0 spiro atoms. The van der Waals surface area contributed by atoms with E-state index in [0.717, 1.165) is 19.5 Å². The Bertz CT molecular complexity index is 537. The van der Waals surface area contributed by atoms with Gasteiger partial charge in [0.05, 0.1) is 37.1 Å². The van der Waals surface area contributed by atoms with Crippen molar-refractivity contribution in [2.24, 2.45) is 0 Å². The molecule has 1 unspecified atom stereocenters. The highest BCUT2D eigenvalue weighted by atomic mass is 35.5. The molecule has 0 aromatic heterocycles. The van der Waals surface area contributed by atoms with Crippen LogP contribution in [-0.2, 0) is 10.0 Å². The van der Waals surface area contributed by atoms with E-state index >= 15 is 0 Å². The highest BCUT2D eigenvalue weighted by molar-refractivity contribution is 7.89. The average Bonchev–Trinajstić information content (AvgIpc) is 2.47. The Morgan fingerprint density at radius 3 is 2.30 bits per heavy atom. The summed E-state index contributed by atoms with van der Waals surface area (Å²) in [5, 5.41) is 0.551. The summed E-state index contributed by atoms with van der Waals surface area (Å²) < 4.78 is 26.6. The van der Waals surface area contributed by atoms with Crippen LogP contribution in [0.1, 0.15) is 20.3 Å². The molecule has 1 saturated heterocycles. The van der Waals surface area contributed by atoms with E-state index in [1.54, 1.807) is 28.6 Å². The Morgan fingerprint density at radius 2 is 1.80 bits per heavy atom. The first-order chi connectivity index (χ1) is 9.45. The van der Waals surface area contributed by atoms with Gasteiger partial charge >= 0.3 is 0 Å². The fourth-order valence-corrected chi connectivity index (χ4v) is 4.12. The smallest absolute Gasteiger partial charge is 0.243 e. The lowest BCUT2D eigenvalue weighted by Crippen LogP contribution is -3.17. The van der Waals surface area contributed by atoms with Crippen molar-refractivity contribution in [3.05, 3.63) is 29.3 Å². The third kappa shape index (κ3) is 3.34. The van der Waals surface area contributed by atoms with Crippen LogP contribution in [0.3, 0.4) is 0 Å². The van der Waals surface area contributed by atoms with E-state index < -0.39 is 10.0 Å². The number of hydrogen-bond donors (Lipinski definition) is 1. The van der Waals surface area contributed by atoms with E-state index in [1.807, 2.05) is 0 Å². The molecule has 20 heavy (non-hydrogen) atoms. The maximum absolute atomic E-state index is 12.5. The van der Waals surface area contributed by atoms with Crippen LogP contribution in [0, 0.1) is 0 Å². The van der Waals surface area contributed by atoms with Gasteiger partial charge in [0.15, 0.2) is 0 Å². The predicted molar refractivity (Wildman–Crippen MR) is 80.7 cm³/mol. The number of benzene rings is 1. The minimum atomic E-state index is -3.37. The van der Waals surface area contributed by atoms with E-state index in [4.69, 9.17) is 11.6 Å². The zero-order chi connectivity index (χ0) is 14.8. The zero-order valence-electron chi connectivity index (χ0n) is 12.0. The monoisotopic (exact) mass is 317 g/mol. The average molecular weight is 318 g/mol. The first-order valence-electron chi connectivity index (χ1n) is 7.05. The second-order valence-electron chi connectivity index (χ2n) is 5.33. The van der Waals surface area contributed by atoms with Gasteiger partial charge in [0.2, 0.25) is 10.0 Å². The third-order valence-corrected chi connectivity index (χ3v) is 6.29. The summed E-state index contributed by atoms with van der Waals surface area (Å²) in [5.41, 5.74) is 0. The van der Waals surface area contributed by atoms with Gasteiger partial charge in [-0.3, -0.25) is 0 Å². The molecule has 0 radical (unpaired) electrons. The number of quaternary nitrogens is 1. The summed E-state index contributed by atoms with van der Waals surface area (Å²) in [5.74, 6) is 0. The Labute approximate surface area is 126 Å². The summed E-state index contributed by atoms with van der Waals surface area (Å²) >= 11 is 5.81. The van der Waals surface area contributed by atoms with Gasteiger partial charge in [-0.15, -0.1) is 0 Å². The molecule has 1 aromatic rings. The van der Waals surface area contributed by atoms with E-state index in [-0.39, 0.29) is 0 Å². The number of halogens is 1. The van der Waals surface area contributed by atoms with Crippen LogP contribution in [-0.4, -0.2) is 44.9 Å². The molecule has 0 saturated carbocycles. The van der Waals surface area contributed by atoms with Gasteiger partial charge in [-0.05, 0) is 37.6 Å². The van der Waals surface area contributed by atoms with E-state index in [1.165, 1.54) is 4.90 Å². The highest BCUT2D eigenvalue weighted by Gasteiger charge is 2.31. The molecule has 1 aliphatic heterocycles. The van der Waals surface area contributed by atoms with Crippen molar-refractivity contribution in [1.82, 2.24) is 4.31 Å². The molecule has 1 aromatic carbocycles. The standard InChI is InChI=1S/C14H21ClN2O2S/c1-3-12(2)16-8-10-17(11-9-16)20(18,19)14-6-4-13(15)5-7-14/h4-7,12H,3,8-11H2,1-2H3/p+1. The Morgan fingerprint density at radius 1 is 1.25 bits per heavy atom. The second kappa shape index (κ2) is 6.43.